The van der Waals surface area contributed by atoms with E-state index >= 15 is 0 Å². The van der Waals surface area contributed by atoms with Crippen LogP contribution in [0.4, 0.5) is 0 Å². The Bertz CT molecular complexity index is 1410. The van der Waals surface area contributed by atoms with Gasteiger partial charge in [-0.25, -0.2) is 0 Å². The summed E-state index contributed by atoms with van der Waals surface area (Å²) in [7, 11) is 0. The maximum atomic E-state index is 5.59. The Balaban J connectivity index is 1.55. The summed E-state index contributed by atoms with van der Waals surface area (Å²) in [5, 5.41) is 13.7. The summed E-state index contributed by atoms with van der Waals surface area (Å²) in [6.07, 6.45) is 1.70. The van der Waals surface area contributed by atoms with Gasteiger partial charge in [0.05, 0.1) is 24.2 Å². The number of aromatic nitrogens is 1. The van der Waals surface area contributed by atoms with E-state index < -0.39 is 0 Å². The molecule has 0 N–H and O–H groups in total. The maximum Gasteiger partial charge on any atom is 0.211 e. The van der Waals surface area contributed by atoms with E-state index in [0.717, 1.165) is 33.1 Å². The summed E-state index contributed by atoms with van der Waals surface area (Å²) in [5.74, 6) is 0.882. The summed E-state index contributed by atoms with van der Waals surface area (Å²) in [6, 6.07) is 28.9. The number of fused-ring (bicyclic) bond motifs is 1. The molecule has 0 radical (unpaired) electrons. The predicted octanol–water partition coefficient (Wildman–Crippen LogP) is 6.34. The van der Waals surface area contributed by atoms with Crippen molar-refractivity contribution in [2.75, 3.05) is 0 Å². The van der Waals surface area contributed by atoms with Crippen LogP contribution in [-0.4, -0.2) is 10.3 Å². The minimum Gasteiger partial charge on any atom is -0.467 e. The van der Waals surface area contributed by atoms with Crippen molar-refractivity contribution in [3.63, 3.8) is 0 Å². The molecule has 0 unspecified atom stereocenters. The molecule has 0 spiro atoms. The maximum absolute atomic E-state index is 5.59. The first kappa shape index (κ1) is 19.3. The molecule has 3 aromatic carbocycles. The summed E-state index contributed by atoms with van der Waals surface area (Å²) in [4.78, 5) is 0.829. The highest BCUT2D eigenvalue weighted by atomic mass is 32.1. The van der Waals surface area contributed by atoms with Gasteiger partial charge in [-0.05, 0) is 47.0 Å². The fourth-order valence-electron chi connectivity index (χ4n) is 3.55. The van der Waals surface area contributed by atoms with E-state index in [1.807, 2.05) is 37.3 Å². The first-order valence-electron chi connectivity index (χ1n) is 10.1. The molecule has 0 fully saturated rings. The van der Waals surface area contributed by atoms with Crippen molar-refractivity contribution >= 4 is 27.8 Å². The SMILES string of the molecule is C/C(=N/N=c1/scc(-c2ccccc2)n1Cc1ccco1)c1ccc2ccccc2c1. The van der Waals surface area contributed by atoms with Crippen LogP contribution in [0.1, 0.15) is 18.2 Å². The Morgan fingerprint density at radius 1 is 0.903 bits per heavy atom. The molecular weight excluding hydrogens is 402 g/mol. The zero-order valence-electron chi connectivity index (χ0n) is 17.1. The number of benzene rings is 3. The third-order valence-corrected chi connectivity index (χ3v) is 6.07. The molecule has 0 amide bonds. The molecule has 0 aliphatic rings. The summed E-state index contributed by atoms with van der Waals surface area (Å²) < 4.78 is 7.74. The molecule has 0 aliphatic heterocycles. The topological polar surface area (TPSA) is 42.8 Å². The van der Waals surface area contributed by atoms with E-state index in [2.05, 4.69) is 74.7 Å². The van der Waals surface area contributed by atoms with Gasteiger partial charge in [0.15, 0.2) is 0 Å². The van der Waals surface area contributed by atoms with Gasteiger partial charge in [-0.1, -0.05) is 66.7 Å². The first-order valence-corrected chi connectivity index (χ1v) is 11.0. The first-order chi connectivity index (χ1) is 15.3. The Labute approximate surface area is 184 Å². The van der Waals surface area contributed by atoms with Crippen LogP contribution in [0.25, 0.3) is 22.0 Å². The number of thiazole rings is 1. The van der Waals surface area contributed by atoms with Crippen molar-refractivity contribution in [1.29, 1.82) is 0 Å². The molecule has 5 rings (SSSR count). The largest absolute Gasteiger partial charge is 0.467 e. The van der Waals surface area contributed by atoms with Crippen LogP contribution in [0.5, 0.6) is 0 Å². The Morgan fingerprint density at radius 2 is 1.71 bits per heavy atom. The third kappa shape index (κ3) is 4.13. The molecule has 0 aliphatic carbocycles. The van der Waals surface area contributed by atoms with Gasteiger partial charge in [0.1, 0.15) is 5.76 Å². The monoisotopic (exact) mass is 423 g/mol. The average Bonchev–Trinajstić information content (AvgIpc) is 3.48. The van der Waals surface area contributed by atoms with Crippen molar-refractivity contribution in [3.05, 3.63) is 113 Å². The summed E-state index contributed by atoms with van der Waals surface area (Å²) in [5.41, 5.74) is 4.19. The lowest BCUT2D eigenvalue weighted by Crippen LogP contribution is -2.16. The van der Waals surface area contributed by atoms with Crippen molar-refractivity contribution in [3.8, 4) is 11.3 Å². The number of nitrogens with zero attached hydrogens (tertiary/aromatic N) is 3. The van der Waals surface area contributed by atoms with Gasteiger partial charge in [0.25, 0.3) is 0 Å². The quantitative estimate of drug-likeness (QED) is 0.240. The van der Waals surface area contributed by atoms with Gasteiger partial charge in [0, 0.05) is 5.38 Å². The van der Waals surface area contributed by atoms with Crippen LogP contribution in [0.2, 0.25) is 0 Å². The predicted molar refractivity (Wildman–Crippen MR) is 127 cm³/mol. The van der Waals surface area contributed by atoms with Gasteiger partial charge in [-0.3, -0.25) is 0 Å². The van der Waals surface area contributed by atoms with E-state index in [9.17, 15) is 0 Å². The van der Waals surface area contributed by atoms with Gasteiger partial charge < -0.3 is 8.98 Å². The average molecular weight is 424 g/mol. The van der Waals surface area contributed by atoms with Gasteiger partial charge in [-0.2, -0.15) is 5.10 Å². The van der Waals surface area contributed by atoms with Gasteiger partial charge in [-0.15, -0.1) is 16.4 Å². The second-order valence-electron chi connectivity index (χ2n) is 7.28. The Hall–Kier alpha value is -3.70. The van der Waals surface area contributed by atoms with E-state index in [-0.39, 0.29) is 0 Å². The minimum atomic E-state index is 0.601. The molecule has 0 atom stereocenters. The smallest absolute Gasteiger partial charge is 0.211 e. The van der Waals surface area contributed by atoms with Crippen LogP contribution in [0.3, 0.4) is 0 Å². The van der Waals surface area contributed by atoms with E-state index in [1.54, 1.807) is 17.6 Å². The summed E-state index contributed by atoms with van der Waals surface area (Å²) in [6.45, 7) is 2.60. The Morgan fingerprint density at radius 3 is 2.52 bits per heavy atom. The highest BCUT2D eigenvalue weighted by Gasteiger charge is 2.10. The zero-order valence-corrected chi connectivity index (χ0v) is 17.9. The molecule has 152 valence electrons. The Kier molecular flexibility index (Phi) is 5.33. The molecule has 0 bridgehead atoms. The highest BCUT2D eigenvalue weighted by Crippen LogP contribution is 2.21. The van der Waals surface area contributed by atoms with E-state index in [1.165, 1.54) is 10.8 Å². The van der Waals surface area contributed by atoms with Crippen molar-refractivity contribution < 1.29 is 4.42 Å². The van der Waals surface area contributed by atoms with Crippen molar-refractivity contribution in [2.24, 2.45) is 10.2 Å². The number of hydrogen-bond donors (Lipinski definition) is 0. The van der Waals surface area contributed by atoms with Crippen LogP contribution >= 0.6 is 11.3 Å². The lowest BCUT2D eigenvalue weighted by molar-refractivity contribution is 0.491. The van der Waals surface area contributed by atoms with Crippen LogP contribution in [0.15, 0.2) is 111 Å². The zero-order chi connectivity index (χ0) is 21.0. The molecule has 5 heteroatoms. The molecule has 5 aromatic rings. The van der Waals surface area contributed by atoms with Gasteiger partial charge >= 0.3 is 0 Å². The number of furan rings is 1. The number of rotatable bonds is 5. The molecule has 2 heterocycles. The van der Waals surface area contributed by atoms with E-state index in [0.29, 0.717) is 6.54 Å². The summed E-state index contributed by atoms with van der Waals surface area (Å²) >= 11 is 1.58. The van der Waals surface area contributed by atoms with Gasteiger partial charge in [0.2, 0.25) is 4.80 Å². The lowest BCUT2D eigenvalue weighted by atomic mass is 10.0. The standard InChI is InChI=1S/C26H21N3OS/c1-19(22-14-13-20-8-5-6-11-23(20)16-22)27-28-26-29(17-24-12-7-15-30-24)25(18-31-26)21-9-3-2-4-10-21/h2-16,18H,17H2,1H3/b27-19-,28-26+. The molecule has 0 saturated heterocycles. The lowest BCUT2D eigenvalue weighted by Gasteiger charge is -2.07. The fraction of sp³-hybridized carbons (Fsp3) is 0.0769. The van der Waals surface area contributed by atoms with Crippen LogP contribution in [-0.2, 0) is 6.54 Å². The van der Waals surface area contributed by atoms with Crippen molar-refractivity contribution in [2.45, 2.75) is 13.5 Å². The second-order valence-corrected chi connectivity index (χ2v) is 8.12. The third-order valence-electron chi connectivity index (χ3n) is 5.21. The number of hydrogen-bond acceptors (Lipinski definition) is 4. The molecule has 2 aromatic heterocycles. The van der Waals surface area contributed by atoms with E-state index in [4.69, 9.17) is 4.42 Å². The normalized spacial score (nSPS) is 12.5. The van der Waals surface area contributed by atoms with Crippen molar-refractivity contribution in [1.82, 2.24) is 4.57 Å². The molecule has 31 heavy (non-hydrogen) atoms. The van der Waals surface area contributed by atoms with Crippen LogP contribution < -0.4 is 4.80 Å². The van der Waals surface area contributed by atoms with Crippen LogP contribution in [0, 0.1) is 0 Å². The molecule has 4 nitrogen and oxygen atoms in total. The minimum absolute atomic E-state index is 0.601. The fourth-order valence-corrected chi connectivity index (χ4v) is 4.41. The second kappa shape index (κ2) is 8.58. The molecular formula is C26H21N3OS. The molecule has 0 saturated carbocycles. The highest BCUT2D eigenvalue weighted by molar-refractivity contribution is 7.07.